The molecule has 0 radical (unpaired) electrons. The van der Waals surface area contributed by atoms with Crippen molar-refractivity contribution in [3.8, 4) is 0 Å². The van der Waals surface area contributed by atoms with E-state index < -0.39 is 17.8 Å². The van der Waals surface area contributed by atoms with Crippen molar-refractivity contribution in [1.29, 1.82) is 0 Å². The molecule has 1 aliphatic carbocycles. The molecule has 0 spiro atoms. The predicted octanol–water partition coefficient (Wildman–Crippen LogP) is 4.65. The Hall–Kier alpha value is -1.72. The fraction of sp³-hybridized carbons (Fsp3) is 0.562. The standard InChI is InChI=1S/C16H21F3N2O/c1-10-5-3-8-14(11(10)2)21-15(22)20-13-7-4-6-12(9-13)16(17,18)19/h4,6-7,9-11,14H,3,5,8H2,1-2H3,(H2,20,21,22)/t10-,11+,14-/m0/s1. The number of nitrogens with one attached hydrogen (secondary N) is 2. The number of alkyl halides is 3. The van der Waals surface area contributed by atoms with E-state index in [1.807, 2.05) is 0 Å². The van der Waals surface area contributed by atoms with Gasteiger partial charge in [0.2, 0.25) is 0 Å². The number of hydrogen-bond acceptors (Lipinski definition) is 1. The van der Waals surface area contributed by atoms with Crippen LogP contribution in [0.25, 0.3) is 0 Å². The van der Waals surface area contributed by atoms with Gasteiger partial charge in [-0.05, 0) is 36.5 Å². The summed E-state index contributed by atoms with van der Waals surface area (Å²) in [5.74, 6) is 0.897. The molecule has 0 aliphatic heterocycles. The Morgan fingerprint density at radius 3 is 2.64 bits per heavy atom. The van der Waals surface area contributed by atoms with E-state index in [4.69, 9.17) is 0 Å². The van der Waals surface area contributed by atoms with E-state index in [2.05, 4.69) is 24.5 Å². The van der Waals surface area contributed by atoms with Gasteiger partial charge in [-0.3, -0.25) is 0 Å². The minimum Gasteiger partial charge on any atom is -0.335 e. The van der Waals surface area contributed by atoms with Crippen molar-refractivity contribution in [2.75, 3.05) is 5.32 Å². The number of urea groups is 1. The Morgan fingerprint density at radius 2 is 1.95 bits per heavy atom. The second kappa shape index (κ2) is 6.58. The number of carbonyl (C=O) groups excluding carboxylic acids is 1. The molecule has 3 atom stereocenters. The molecule has 6 heteroatoms. The molecule has 3 nitrogen and oxygen atoms in total. The second-order valence-electron chi connectivity index (χ2n) is 6.05. The quantitative estimate of drug-likeness (QED) is 0.819. The molecule has 1 saturated carbocycles. The lowest BCUT2D eigenvalue weighted by molar-refractivity contribution is -0.137. The predicted molar refractivity (Wildman–Crippen MR) is 79.6 cm³/mol. The smallest absolute Gasteiger partial charge is 0.335 e. The summed E-state index contributed by atoms with van der Waals surface area (Å²) in [6.45, 7) is 4.25. The van der Waals surface area contributed by atoms with Crippen molar-refractivity contribution < 1.29 is 18.0 Å². The lowest BCUT2D eigenvalue weighted by Crippen LogP contribution is -2.45. The van der Waals surface area contributed by atoms with E-state index in [9.17, 15) is 18.0 Å². The summed E-state index contributed by atoms with van der Waals surface area (Å²) >= 11 is 0. The van der Waals surface area contributed by atoms with Gasteiger partial charge in [0.05, 0.1) is 5.56 Å². The summed E-state index contributed by atoms with van der Waals surface area (Å²) in [5.41, 5.74) is -0.631. The van der Waals surface area contributed by atoms with E-state index in [0.717, 1.165) is 31.4 Å². The molecular formula is C16H21F3N2O. The lowest BCUT2D eigenvalue weighted by Gasteiger charge is -2.34. The molecule has 2 amide bonds. The highest BCUT2D eigenvalue weighted by atomic mass is 19.4. The molecule has 1 aliphatic rings. The van der Waals surface area contributed by atoms with Crippen molar-refractivity contribution in [3.05, 3.63) is 29.8 Å². The summed E-state index contributed by atoms with van der Waals surface area (Å²) in [6, 6.07) is 4.26. The maximum Gasteiger partial charge on any atom is 0.416 e. The number of benzene rings is 1. The summed E-state index contributed by atoms with van der Waals surface area (Å²) in [6.07, 6.45) is -1.31. The summed E-state index contributed by atoms with van der Waals surface area (Å²) in [7, 11) is 0. The van der Waals surface area contributed by atoms with Crippen molar-refractivity contribution in [1.82, 2.24) is 5.32 Å². The summed E-state index contributed by atoms with van der Waals surface area (Å²) < 4.78 is 37.9. The van der Waals surface area contributed by atoms with Crippen molar-refractivity contribution in [2.45, 2.75) is 45.3 Å². The molecule has 0 saturated heterocycles. The van der Waals surface area contributed by atoms with Crippen LogP contribution in [-0.4, -0.2) is 12.1 Å². The van der Waals surface area contributed by atoms with E-state index >= 15 is 0 Å². The zero-order chi connectivity index (χ0) is 16.3. The number of halogens is 3. The van der Waals surface area contributed by atoms with Crippen LogP contribution in [-0.2, 0) is 6.18 Å². The van der Waals surface area contributed by atoms with Crippen LogP contribution in [0.3, 0.4) is 0 Å². The molecule has 1 aromatic rings. The zero-order valence-corrected chi connectivity index (χ0v) is 12.7. The van der Waals surface area contributed by atoms with Gasteiger partial charge < -0.3 is 10.6 Å². The Labute approximate surface area is 128 Å². The number of amides is 2. The Balaban J connectivity index is 1.97. The highest BCUT2D eigenvalue weighted by Gasteiger charge is 2.31. The highest BCUT2D eigenvalue weighted by molar-refractivity contribution is 5.89. The fourth-order valence-corrected chi connectivity index (χ4v) is 2.89. The molecule has 0 unspecified atom stereocenters. The van der Waals surface area contributed by atoms with E-state index in [1.54, 1.807) is 0 Å². The molecule has 2 rings (SSSR count). The Morgan fingerprint density at radius 1 is 1.23 bits per heavy atom. The van der Waals surface area contributed by atoms with Gasteiger partial charge in [0.1, 0.15) is 0 Å². The van der Waals surface area contributed by atoms with Crippen LogP contribution in [0.2, 0.25) is 0 Å². The topological polar surface area (TPSA) is 41.1 Å². The van der Waals surface area contributed by atoms with E-state index in [0.29, 0.717) is 11.8 Å². The van der Waals surface area contributed by atoms with Crippen LogP contribution in [0.5, 0.6) is 0 Å². The minimum atomic E-state index is -4.42. The van der Waals surface area contributed by atoms with Crippen LogP contribution in [0.15, 0.2) is 24.3 Å². The van der Waals surface area contributed by atoms with E-state index in [-0.39, 0.29) is 11.7 Å². The highest BCUT2D eigenvalue weighted by Crippen LogP contribution is 2.31. The first-order chi connectivity index (χ1) is 10.3. The second-order valence-corrected chi connectivity index (χ2v) is 6.05. The summed E-state index contributed by atoms with van der Waals surface area (Å²) in [5, 5.41) is 5.36. The Kier molecular flexibility index (Phi) is 4.98. The van der Waals surface area contributed by atoms with Crippen LogP contribution in [0.1, 0.15) is 38.7 Å². The summed E-state index contributed by atoms with van der Waals surface area (Å²) in [4.78, 5) is 12.0. The number of rotatable bonds is 2. The first kappa shape index (κ1) is 16.6. The van der Waals surface area contributed by atoms with Crippen LogP contribution in [0, 0.1) is 11.8 Å². The first-order valence-electron chi connectivity index (χ1n) is 7.52. The van der Waals surface area contributed by atoms with Gasteiger partial charge in [0.15, 0.2) is 0 Å². The van der Waals surface area contributed by atoms with Gasteiger partial charge >= 0.3 is 12.2 Å². The number of anilines is 1. The van der Waals surface area contributed by atoms with Crippen LogP contribution < -0.4 is 10.6 Å². The minimum absolute atomic E-state index is 0.0644. The maximum absolute atomic E-state index is 12.6. The lowest BCUT2D eigenvalue weighted by atomic mass is 9.78. The van der Waals surface area contributed by atoms with Gasteiger partial charge in [-0.2, -0.15) is 13.2 Å². The largest absolute Gasteiger partial charge is 0.416 e. The van der Waals surface area contributed by atoms with Crippen molar-refractivity contribution >= 4 is 11.7 Å². The molecule has 1 fully saturated rings. The molecule has 122 valence electrons. The molecule has 2 N–H and O–H groups in total. The fourth-order valence-electron chi connectivity index (χ4n) is 2.89. The first-order valence-corrected chi connectivity index (χ1v) is 7.52. The van der Waals surface area contributed by atoms with Crippen molar-refractivity contribution in [2.24, 2.45) is 11.8 Å². The molecule has 22 heavy (non-hydrogen) atoms. The normalized spacial score (nSPS) is 25.6. The van der Waals surface area contributed by atoms with E-state index in [1.165, 1.54) is 12.1 Å². The average molecular weight is 314 g/mol. The molecular weight excluding hydrogens is 293 g/mol. The number of hydrogen-bond donors (Lipinski definition) is 2. The van der Waals surface area contributed by atoms with Gasteiger partial charge in [0.25, 0.3) is 0 Å². The molecule has 0 bridgehead atoms. The van der Waals surface area contributed by atoms with Gasteiger partial charge in [-0.25, -0.2) is 4.79 Å². The van der Waals surface area contributed by atoms with Crippen LogP contribution in [0.4, 0.5) is 23.7 Å². The third-order valence-electron chi connectivity index (χ3n) is 4.47. The molecule has 1 aromatic carbocycles. The van der Waals surface area contributed by atoms with Gasteiger partial charge in [-0.15, -0.1) is 0 Å². The Bertz CT molecular complexity index is 530. The van der Waals surface area contributed by atoms with Gasteiger partial charge in [-0.1, -0.05) is 32.8 Å². The number of carbonyl (C=O) groups is 1. The average Bonchev–Trinajstić information content (AvgIpc) is 2.43. The maximum atomic E-state index is 12.6. The van der Waals surface area contributed by atoms with Gasteiger partial charge in [0, 0.05) is 11.7 Å². The molecule has 0 heterocycles. The third kappa shape index (κ3) is 4.15. The monoisotopic (exact) mass is 314 g/mol. The zero-order valence-electron chi connectivity index (χ0n) is 12.7. The van der Waals surface area contributed by atoms with Crippen molar-refractivity contribution in [3.63, 3.8) is 0 Å². The molecule has 0 aromatic heterocycles. The van der Waals surface area contributed by atoms with Crippen LogP contribution >= 0.6 is 0 Å². The SMILES string of the molecule is C[C@H]1[C@@H](NC(=O)Nc2cccc(C(F)(F)F)c2)CCC[C@@H]1C. The third-order valence-corrected chi connectivity index (χ3v) is 4.47.